The van der Waals surface area contributed by atoms with Crippen LogP contribution in [-0.2, 0) is 6.54 Å². The topological polar surface area (TPSA) is 38.5 Å². The van der Waals surface area contributed by atoms with Gasteiger partial charge in [0.25, 0.3) is 0 Å². The van der Waals surface area contributed by atoms with Crippen molar-refractivity contribution in [3.63, 3.8) is 0 Å². The first-order valence-corrected chi connectivity index (χ1v) is 6.55. The van der Waals surface area contributed by atoms with E-state index in [1.54, 1.807) is 18.3 Å². The van der Waals surface area contributed by atoms with Gasteiger partial charge in [0.2, 0.25) is 5.88 Å². The minimum atomic E-state index is -0.0557. The Morgan fingerprint density at radius 3 is 2.95 bits per heavy atom. The normalized spacial score (nSPS) is 18.2. The van der Waals surface area contributed by atoms with Gasteiger partial charge in [-0.1, -0.05) is 11.6 Å². The van der Waals surface area contributed by atoms with Gasteiger partial charge in [-0.05, 0) is 26.1 Å². The highest BCUT2D eigenvalue weighted by Crippen LogP contribution is 2.31. The Hall–Kier alpha value is -1.23. The second-order valence-corrected chi connectivity index (χ2v) is 5.29. The third kappa shape index (κ3) is 3.08. The highest BCUT2D eigenvalue weighted by atomic mass is 35.5. The largest absolute Gasteiger partial charge is 0.468 e. The van der Waals surface area contributed by atoms with Crippen molar-refractivity contribution in [1.29, 1.82) is 0 Å². The molecule has 3 rings (SSSR count). The Kier molecular flexibility index (Phi) is 4.58. The van der Waals surface area contributed by atoms with E-state index in [2.05, 4.69) is 9.88 Å². The number of nitrogens with zero attached hydrogens (tertiary/aromatic N) is 2. The van der Waals surface area contributed by atoms with Crippen molar-refractivity contribution in [3.05, 3.63) is 46.5 Å². The molecule has 0 bridgehead atoms. The van der Waals surface area contributed by atoms with Gasteiger partial charge in [-0.15, -0.1) is 12.4 Å². The zero-order chi connectivity index (χ0) is 13.4. The number of ether oxygens (including phenoxy) is 1. The summed E-state index contributed by atoms with van der Waals surface area (Å²) >= 11 is 5.82. The number of furan rings is 1. The molecule has 0 spiro atoms. The molecular weight excluding hydrogens is 299 g/mol. The van der Waals surface area contributed by atoms with Crippen molar-refractivity contribution in [1.82, 2.24) is 9.88 Å². The van der Waals surface area contributed by atoms with Crippen molar-refractivity contribution < 1.29 is 9.15 Å². The van der Waals surface area contributed by atoms with Crippen LogP contribution in [0.25, 0.3) is 0 Å². The Balaban J connectivity index is 0.00000147. The second kappa shape index (κ2) is 6.04. The first kappa shape index (κ1) is 15.2. The van der Waals surface area contributed by atoms with E-state index < -0.39 is 0 Å². The third-order valence-corrected chi connectivity index (χ3v) is 3.39. The van der Waals surface area contributed by atoms with Crippen molar-refractivity contribution in [2.24, 2.45) is 0 Å². The molecule has 0 saturated heterocycles. The number of rotatable bonds is 2. The van der Waals surface area contributed by atoms with E-state index in [1.165, 1.54) is 0 Å². The fourth-order valence-electron chi connectivity index (χ4n) is 2.35. The van der Waals surface area contributed by atoms with E-state index in [-0.39, 0.29) is 18.5 Å². The lowest BCUT2D eigenvalue weighted by molar-refractivity contribution is 0.115. The van der Waals surface area contributed by atoms with Crippen LogP contribution < -0.4 is 4.74 Å². The van der Waals surface area contributed by atoms with Gasteiger partial charge in [-0.2, -0.15) is 0 Å². The molecule has 1 atom stereocenters. The monoisotopic (exact) mass is 314 g/mol. The summed E-state index contributed by atoms with van der Waals surface area (Å²) in [4.78, 5) is 6.35. The summed E-state index contributed by atoms with van der Waals surface area (Å²) in [6, 6.07) is 5.60. The van der Waals surface area contributed by atoms with Crippen molar-refractivity contribution in [3.8, 4) is 5.88 Å². The Labute approximate surface area is 129 Å². The molecule has 1 unspecified atom stereocenters. The van der Waals surface area contributed by atoms with Gasteiger partial charge in [-0.3, -0.25) is 4.90 Å². The molecule has 2 aromatic heterocycles. The van der Waals surface area contributed by atoms with Crippen molar-refractivity contribution in [2.75, 3.05) is 13.6 Å². The Bertz CT molecular complexity index is 583. The number of pyridine rings is 1. The number of aromatic nitrogens is 1. The van der Waals surface area contributed by atoms with Gasteiger partial charge in [0.15, 0.2) is 0 Å². The van der Waals surface area contributed by atoms with Gasteiger partial charge in [0.1, 0.15) is 17.6 Å². The summed E-state index contributed by atoms with van der Waals surface area (Å²) < 4.78 is 11.6. The van der Waals surface area contributed by atoms with E-state index in [9.17, 15) is 0 Å². The van der Waals surface area contributed by atoms with Crippen LogP contribution in [0.3, 0.4) is 0 Å². The van der Waals surface area contributed by atoms with E-state index >= 15 is 0 Å². The maximum atomic E-state index is 5.95. The lowest BCUT2D eigenvalue weighted by atomic mass is 10.1. The van der Waals surface area contributed by atoms with Crippen LogP contribution in [0.4, 0.5) is 0 Å². The van der Waals surface area contributed by atoms with Gasteiger partial charge in [0.05, 0.1) is 11.6 Å². The molecule has 1 aliphatic heterocycles. The van der Waals surface area contributed by atoms with Crippen LogP contribution in [0.5, 0.6) is 5.88 Å². The standard InChI is InChI=1S/C14H15ClN2O2.ClH/c1-9-5-11-12(18-9)7-17(2)8-13(11)19-14-4-3-10(15)6-16-14;/h3-6,13H,7-8H2,1-2H3;1H. The number of likely N-dealkylation sites (N-methyl/N-ethyl adjacent to an activating group) is 1. The van der Waals surface area contributed by atoms with Crippen LogP contribution in [0.15, 0.2) is 28.8 Å². The van der Waals surface area contributed by atoms with E-state index in [0.717, 1.165) is 30.2 Å². The summed E-state index contributed by atoms with van der Waals surface area (Å²) in [6.45, 7) is 3.59. The fraction of sp³-hybridized carbons (Fsp3) is 0.357. The molecule has 0 amide bonds. The van der Waals surface area contributed by atoms with Crippen LogP contribution >= 0.6 is 24.0 Å². The number of hydrogen-bond donors (Lipinski definition) is 0. The molecule has 108 valence electrons. The molecule has 0 fully saturated rings. The van der Waals surface area contributed by atoms with E-state index in [1.807, 2.05) is 20.0 Å². The first-order chi connectivity index (χ1) is 9.11. The van der Waals surface area contributed by atoms with Crippen LogP contribution in [0.2, 0.25) is 5.02 Å². The average molecular weight is 315 g/mol. The molecule has 0 N–H and O–H groups in total. The van der Waals surface area contributed by atoms with E-state index in [4.69, 9.17) is 20.8 Å². The predicted molar refractivity (Wildman–Crippen MR) is 79.6 cm³/mol. The lowest BCUT2D eigenvalue weighted by Crippen LogP contribution is -2.32. The SMILES string of the molecule is Cc1cc2c(o1)CN(C)CC2Oc1ccc(Cl)cn1.Cl. The minimum absolute atomic E-state index is 0. The summed E-state index contributed by atoms with van der Waals surface area (Å²) in [5.74, 6) is 2.47. The Morgan fingerprint density at radius 2 is 2.25 bits per heavy atom. The smallest absolute Gasteiger partial charge is 0.213 e. The minimum Gasteiger partial charge on any atom is -0.468 e. The quantitative estimate of drug-likeness (QED) is 0.848. The molecule has 3 heterocycles. The van der Waals surface area contributed by atoms with Gasteiger partial charge in [-0.25, -0.2) is 4.98 Å². The number of hydrogen-bond acceptors (Lipinski definition) is 4. The van der Waals surface area contributed by atoms with E-state index in [0.29, 0.717) is 10.9 Å². The molecular formula is C14H16Cl2N2O2. The van der Waals surface area contributed by atoms with Crippen LogP contribution in [-0.4, -0.2) is 23.5 Å². The molecule has 1 aliphatic rings. The summed E-state index contributed by atoms with van der Waals surface area (Å²) in [7, 11) is 2.05. The second-order valence-electron chi connectivity index (χ2n) is 4.85. The van der Waals surface area contributed by atoms with Crippen LogP contribution in [0.1, 0.15) is 23.2 Å². The molecule has 20 heavy (non-hydrogen) atoms. The van der Waals surface area contributed by atoms with Gasteiger partial charge >= 0.3 is 0 Å². The summed E-state index contributed by atoms with van der Waals surface area (Å²) in [6.07, 6.45) is 1.53. The first-order valence-electron chi connectivity index (χ1n) is 6.18. The zero-order valence-corrected chi connectivity index (χ0v) is 12.9. The summed E-state index contributed by atoms with van der Waals surface area (Å²) in [5.41, 5.74) is 1.12. The molecule has 4 nitrogen and oxygen atoms in total. The lowest BCUT2D eigenvalue weighted by Gasteiger charge is -2.28. The predicted octanol–water partition coefficient (Wildman–Crippen LogP) is 3.62. The number of aryl methyl sites for hydroxylation is 1. The maximum absolute atomic E-state index is 5.95. The van der Waals surface area contributed by atoms with Crippen molar-refractivity contribution >= 4 is 24.0 Å². The number of halogens is 2. The zero-order valence-electron chi connectivity index (χ0n) is 11.3. The maximum Gasteiger partial charge on any atom is 0.213 e. The Morgan fingerprint density at radius 1 is 1.45 bits per heavy atom. The molecule has 0 aromatic carbocycles. The summed E-state index contributed by atoms with van der Waals surface area (Å²) in [5, 5.41) is 0.605. The molecule has 6 heteroatoms. The number of fused-ring (bicyclic) bond motifs is 1. The average Bonchev–Trinajstić information content (AvgIpc) is 2.72. The molecule has 0 aliphatic carbocycles. The molecule has 0 radical (unpaired) electrons. The molecule has 2 aromatic rings. The highest BCUT2D eigenvalue weighted by Gasteiger charge is 2.28. The molecule has 0 saturated carbocycles. The van der Waals surface area contributed by atoms with Gasteiger partial charge < -0.3 is 9.15 Å². The van der Waals surface area contributed by atoms with Crippen LogP contribution in [0, 0.1) is 6.92 Å². The van der Waals surface area contributed by atoms with Crippen molar-refractivity contribution in [2.45, 2.75) is 19.6 Å². The van der Waals surface area contributed by atoms with Gasteiger partial charge in [0, 0.05) is 24.4 Å². The third-order valence-electron chi connectivity index (χ3n) is 3.17. The highest BCUT2D eigenvalue weighted by molar-refractivity contribution is 6.30. The fourth-order valence-corrected chi connectivity index (χ4v) is 2.46.